The molecule has 212 valence electrons. The van der Waals surface area contributed by atoms with E-state index in [0.29, 0.717) is 28.1 Å². The van der Waals surface area contributed by atoms with Gasteiger partial charge in [-0.2, -0.15) is 0 Å². The average molecular weight is 591 g/mol. The maximum atomic E-state index is 12.5. The number of rotatable bonds is 10. The van der Waals surface area contributed by atoms with Crippen molar-refractivity contribution in [3.05, 3.63) is 103 Å². The summed E-state index contributed by atoms with van der Waals surface area (Å²) in [4.78, 5) is 61.8. The molecular weight excluding hydrogens is 560 g/mol. The molecule has 0 radical (unpaired) electrons. The minimum absolute atomic E-state index is 0.122. The molecule has 10 nitrogen and oxygen atoms in total. The van der Waals surface area contributed by atoms with E-state index in [0.717, 1.165) is 33.6 Å². The van der Waals surface area contributed by atoms with Crippen molar-refractivity contribution < 1.29 is 9.59 Å². The minimum Gasteiger partial charge on any atom is -0.325 e. The molecule has 0 aliphatic rings. The van der Waals surface area contributed by atoms with Crippen molar-refractivity contribution in [1.82, 2.24) is 19.9 Å². The van der Waals surface area contributed by atoms with Crippen LogP contribution in [0.15, 0.2) is 68.4 Å². The van der Waals surface area contributed by atoms with Crippen LogP contribution in [0.1, 0.15) is 33.6 Å². The molecule has 0 atom stereocenters. The van der Waals surface area contributed by atoms with Crippen LogP contribution in [0.4, 0.5) is 11.4 Å². The molecule has 12 heteroatoms. The lowest BCUT2D eigenvalue weighted by Crippen LogP contribution is -2.16. The fraction of sp³-hybridized carbons (Fsp3) is 0.241. The smallest absolute Gasteiger partial charge is 0.251 e. The van der Waals surface area contributed by atoms with Crippen LogP contribution in [0.3, 0.4) is 0 Å². The van der Waals surface area contributed by atoms with E-state index in [2.05, 4.69) is 30.6 Å². The summed E-state index contributed by atoms with van der Waals surface area (Å²) in [6.45, 7) is 7.34. The third-order valence-electron chi connectivity index (χ3n) is 5.91. The molecule has 0 saturated heterocycles. The van der Waals surface area contributed by atoms with Crippen molar-refractivity contribution in [2.75, 3.05) is 22.1 Å². The lowest BCUT2D eigenvalue weighted by molar-refractivity contribution is -0.114. The van der Waals surface area contributed by atoms with Gasteiger partial charge in [0, 0.05) is 34.9 Å². The number of hydrogen-bond donors (Lipinski definition) is 4. The Balaban J connectivity index is 1.30. The van der Waals surface area contributed by atoms with E-state index in [1.165, 1.54) is 35.7 Å². The first-order valence-electron chi connectivity index (χ1n) is 12.7. The Bertz CT molecular complexity index is 1590. The number of anilines is 2. The fourth-order valence-corrected chi connectivity index (χ4v) is 5.51. The number of aromatic nitrogens is 4. The zero-order valence-corrected chi connectivity index (χ0v) is 24.7. The molecule has 2 amide bonds. The van der Waals surface area contributed by atoms with E-state index in [1.54, 1.807) is 13.8 Å². The number of aryl methyl sites for hydroxylation is 4. The first kappa shape index (κ1) is 29.8. The maximum Gasteiger partial charge on any atom is 0.251 e. The number of nitrogens with zero attached hydrogens (tertiary/aromatic N) is 2. The average Bonchev–Trinajstić information content (AvgIpc) is 2.88. The lowest BCUT2D eigenvalue weighted by Gasteiger charge is -2.12. The molecule has 0 fully saturated rings. The van der Waals surface area contributed by atoms with Gasteiger partial charge >= 0.3 is 0 Å². The van der Waals surface area contributed by atoms with Crippen LogP contribution in [0.25, 0.3) is 0 Å². The van der Waals surface area contributed by atoms with E-state index in [9.17, 15) is 19.2 Å². The van der Waals surface area contributed by atoms with E-state index in [4.69, 9.17) is 0 Å². The van der Waals surface area contributed by atoms with Crippen LogP contribution >= 0.6 is 23.5 Å². The summed E-state index contributed by atoms with van der Waals surface area (Å²) in [6, 6.07) is 14.6. The van der Waals surface area contributed by atoms with Crippen molar-refractivity contribution in [1.29, 1.82) is 0 Å². The molecular formula is C29H30N6O4S2. The second-order valence-corrected chi connectivity index (χ2v) is 11.5. The van der Waals surface area contributed by atoms with Crippen LogP contribution in [-0.4, -0.2) is 43.3 Å². The third kappa shape index (κ3) is 8.92. The Morgan fingerprint density at radius 1 is 0.683 bits per heavy atom. The molecule has 0 saturated carbocycles. The monoisotopic (exact) mass is 590 g/mol. The molecule has 0 aliphatic heterocycles. The zero-order valence-electron chi connectivity index (χ0n) is 23.1. The van der Waals surface area contributed by atoms with E-state index < -0.39 is 0 Å². The van der Waals surface area contributed by atoms with Gasteiger partial charge < -0.3 is 20.6 Å². The molecule has 4 rings (SSSR count). The number of H-pyrrole nitrogens is 2. The Hall–Kier alpha value is -4.16. The number of carbonyl (C=O) groups is 2. The van der Waals surface area contributed by atoms with Crippen molar-refractivity contribution in [2.24, 2.45) is 0 Å². The number of nitrogens with one attached hydrogen (secondary N) is 4. The van der Waals surface area contributed by atoms with Crippen molar-refractivity contribution in [3.63, 3.8) is 0 Å². The Morgan fingerprint density at radius 2 is 1.10 bits per heavy atom. The van der Waals surface area contributed by atoms with E-state index in [1.807, 2.05) is 50.2 Å². The van der Waals surface area contributed by atoms with Gasteiger partial charge in [0.1, 0.15) is 0 Å². The summed E-state index contributed by atoms with van der Waals surface area (Å²) in [5.74, 6) is -0.136. The molecule has 0 aliphatic carbocycles. The van der Waals surface area contributed by atoms with Crippen molar-refractivity contribution >= 4 is 46.7 Å². The van der Waals surface area contributed by atoms with E-state index in [-0.39, 0.29) is 34.4 Å². The SMILES string of the molecule is Cc1cc(=O)[nH]c(SCC(=O)Nc2ccc(Cc3ccc(NC(=O)CSc4nc(C)cc(=O)[nH]4)c(C)c3)cc2C)n1. The van der Waals surface area contributed by atoms with Crippen molar-refractivity contribution in [2.45, 2.75) is 44.4 Å². The third-order valence-corrected chi connectivity index (χ3v) is 7.66. The van der Waals surface area contributed by atoms with Gasteiger partial charge in [0.2, 0.25) is 11.8 Å². The quantitative estimate of drug-likeness (QED) is 0.159. The molecule has 0 unspecified atom stereocenters. The molecule has 2 heterocycles. The summed E-state index contributed by atoms with van der Waals surface area (Å²) >= 11 is 2.35. The number of thioether (sulfide) groups is 2. The highest BCUT2D eigenvalue weighted by Gasteiger charge is 2.11. The summed E-state index contributed by atoms with van der Waals surface area (Å²) < 4.78 is 0. The number of carbonyl (C=O) groups excluding carboxylic acids is 2. The summed E-state index contributed by atoms with van der Waals surface area (Å²) in [6.07, 6.45) is 0.689. The van der Waals surface area contributed by atoms with Crippen LogP contribution in [0.2, 0.25) is 0 Å². The number of hydrogen-bond acceptors (Lipinski definition) is 8. The minimum atomic E-state index is -0.244. The van der Waals surface area contributed by atoms with Crippen molar-refractivity contribution in [3.8, 4) is 0 Å². The van der Waals surface area contributed by atoms with Gasteiger partial charge in [-0.25, -0.2) is 9.97 Å². The van der Waals surface area contributed by atoms with Crippen LogP contribution < -0.4 is 21.8 Å². The lowest BCUT2D eigenvalue weighted by atomic mass is 10.00. The highest BCUT2D eigenvalue weighted by molar-refractivity contribution is 8.00. The molecule has 2 aromatic heterocycles. The van der Waals surface area contributed by atoms with E-state index >= 15 is 0 Å². The van der Waals surface area contributed by atoms with Gasteiger partial charge in [0.05, 0.1) is 11.5 Å². The molecule has 4 N–H and O–H groups in total. The highest BCUT2D eigenvalue weighted by atomic mass is 32.2. The Kier molecular flexibility index (Phi) is 9.79. The van der Waals surface area contributed by atoms with Crippen LogP contribution in [-0.2, 0) is 16.0 Å². The topological polar surface area (TPSA) is 150 Å². The Morgan fingerprint density at radius 3 is 1.46 bits per heavy atom. The van der Waals surface area contributed by atoms with Gasteiger partial charge in [-0.3, -0.25) is 19.2 Å². The Labute approximate surface area is 245 Å². The van der Waals surface area contributed by atoms with Gasteiger partial charge in [-0.05, 0) is 68.5 Å². The molecule has 2 aromatic carbocycles. The highest BCUT2D eigenvalue weighted by Crippen LogP contribution is 2.23. The largest absolute Gasteiger partial charge is 0.325 e. The second kappa shape index (κ2) is 13.5. The van der Waals surface area contributed by atoms with Gasteiger partial charge in [0.25, 0.3) is 11.1 Å². The maximum absolute atomic E-state index is 12.5. The fourth-order valence-electron chi connectivity index (χ4n) is 4.07. The standard InChI is InChI=1S/C29H30N6O4S2/c1-16-9-20(5-7-22(16)32-26(38)14-40-28-30-18(3)11-24(36)34-28)13-21-6-8-23(17(2)10-21)33-27(39)15-41-29-31-19(4)12-25(37)35-29/h5-12H,13-15H2,1-4H3,(H,32,38)(H,33,39)(H,30,34,36)(H,31,35,37). The summed E-state index contributed by atoms with van der Waals surface area (Å²) in [5.41, 5.74) is 6.21. The van der Waals surface area contributed by atoms with Crippen LogP contribution in [0.5, 0.6) is 0 Å². The summed E-state index contributed by atoms with van der Waals surface area (Å²) in [7, 11) is 0. The molecule has 0 bridgehead atoms. The predicted molar refractivity (Wildman–Crippen MR) is 163 cm³/mol. The normalized spacial score (nSPS) is 10.8. The molecule has 4 aromatic rings. The van der Waals surface area contributed by atoms with Crippen LogP contribution in [0, 0.1) is 27.7 Å². The number of amides is 2. The van der Waals surface area contributed by atoms with Gasteiger partial charge in [-0.1, -0.05) is 47.8 Å². The number of aromatic amines is 2. The predicted octanol–water partition coefficient (Wildman–Crippen LogP) is 4.14. The first-order chi connectivity index (χ1) is 19.5. The van der Waals surface area contributed by atoms with Gasteiger partial charge in [-0.15, -0.1) is 0 Å². The summed E-state index contributed by atoms with van der Waals surface area (Å²) in [5, 5.41) is 6.66. The molecule has 41 heavy (non-hydrogen) atoms. The second-order valence-electron chi connectivity index (χ2n) is 9.53. The molecule has 0 spiro atoms. The number of benzene rings is 2. The first-order valence-corrected chi connectivity index (χ1v) is 14.7. The van der Waals surface area contributed by atoms with Gasteiger partial charge in [0.15, 0.2) is 10.3 Å². The zero-order chi connectivity index (χ0) is 29.5.